The van der Waals surface area contributed by atoms with Gasteiger partial charge in [0.1, 0.15) is 26.0 Å². The van der Waals surface area contributed by atoms with Crippen LogP contribution in [0.25, 0.3) is 21.5 Å². The second-order valence-electron chi connectivity index (χ2n) is 16.6. The molecule has 1 aliphatic carbocycles. The fourth-order valence-corrected chi connectivity index (χ4v) is 9.34. The largest absolute Gasteiger partial charge is 0.485 e. The number of fused-ring (bicyclic) bond motifs is 6. The highest BCUT2D eigenvalue weighted by atomic mass is 16.5. The van der Waals surface area contributed by atoms with Gasteiger partial charge >= 0.3 is 0 Å². The van der Waals surface area contributed by atoms with Crippen molar-refractivity contribution < 1.29 is 13.9 Å². The minimum absolute atomic E-state index is 0.0705. The van der Waals surface area contributed by atoms with Crippen molar-refractivity contribution in [2.75, 3.05) is 19.0 Å². The molecule has 1 atom stereocenters. The monoisotopic (exact) mass is 699 g/mol. The predicted octanol–water partition coefficient (Wildman–Crippen LogP) is 11.1. The fraction of sp³-hybridized carbons (Fsp3) is 0.306. The molecule has 0 amide bonds. The molecule has 4 heteroatoms. The molecule has 1 aromatic heterocycles. The first kappa shape index (κ1) is 34.8. The van der Waals surface area contributed by atoms with E-state index in [1.807, 2.05) is 0 Å². The molecule has 4 nitrogen and oxygen atoms in total. The van der Waals surface area contributed by atoms with E-state index in [1.54, 1.807) is 0 Å². The van der Waals surface area contributed by atoms with Gasteiger partial charge in [0, 0.05) is 59.2 Å². The molecular formula is C49H53N3O+2. The molecule has 0 saturated carbocycles. The van der Waals surface area contributed by atoms with Gasteiger partial charge in [-0.1, -0.05) is 88.4 Å². The van der Waals surface area contributed by atoms with Crippen LogP contribution in [0, 0.1) is 5.92 Å². The van der Waals surface area contributed by atoms with Crippen LogP contribution < -0.4 is 9.47 Å². The molecule has 3 heterocycles. The summed E-state index contributed by atoms with van der Waals surface area (Å²) in [7, 11) is 6.49. The van der Waals surface area contributed by atoms with E-state index in [9.17, 15) is 0 Å². The lowest BCUT2D eigenvalue weighted by Crippen LogP contribution is -2.27. The molecule has 1 unspecified atom stereocenters. The maximum Gasteiger partial charge on any atom is 0.210 e. The van der Waals surface area contributed by atoms with Crippen molar-refractivity contribution >= 4 is 38.6 Å². The van der Waals surface area contributed by atoms with Crippen LogP contribution in [0.5, 0.6) is 0 Å². The van der Waals surface area contributed by atoms with Crippen molar-refractivity contribution in [1.82, 2.24) is 0 Å². The Morgan fingerprint density at radius 2 is 1.36 bits per heavy atom. The standard InChI is InChI=1S/C49H53N3O/c1-32(2)46(37-28-30-50(7)31-29-37)53-47-35(22-26-42-48(3,4)44-38-16-12-10-14-33(38)20-24-40(44)51(42)8)18-19-36(47)23-27-43-49(5,6)45-39-17-13-11-15-34(39)21-25-41(45)52(43)9/h10-17,20-32,46H,18-19H2,1-9H3/q+2. The summed E-state index contributed by atoms with van der Waals surface area (Å²) < 4.78 is 11.7. The maximum absolute atomic E-state index is 7.24. The molecule has 53 heavy (non-hydrogen) atoms. The molecule has 0 N–H and O–H groups in total. The van der Waals surface area contributed by atoms with Gasteiger partial charge in [-0.05, 0) is 95.1 Å². The van der Waals surface area contributed by atoms with Crippen molar-refractivity contribution in [1.29, 1.82) is 0 Å². The van der Waals surface area contributed by atoms with E-state index in [4.69, 9.17) is 4.74 Å². The number of pyridine rings is 1. The third-order valence-electron chi connectivity index (χ3n) is 12.1. The summed E-state index contributed by atoms with van der Waals surface area (Å²) in [5.41, 5.74) is 11.4. The Morgan fingerprint density at radius 1 is 0.717 bits per heavy atom. The minimum Gasteiger partial charge on any atom is -0.485 e. The zero-order valence-electron chi connectivity index (χ0n) is 32.9. The van der Waals surface area contributed by atoms with Crippen molar-refractivity contribution in [2.24, 2.45) is 13.0 Å². The Hall–Kier alpha value is -5.22. The SMILES string of the molecule is CC(C)C(OC1=C(/C=C/C2=[N+](C)c3ccc4ccccc4c3C2(C)C)CC/C1=C\C=C1\N(C)c2ccc3ccccc3c2C1(C)C)c1cc[n+](C)cc1. The normalized spacial score (nSPS) is 19.8. The van der Waals surface area contributed by atoms with E-state index in [0.717, 1.165) is 18.6 Å². The van der Waals surface area contributed by atoms with Crippen molar-refractivity contribution in [3.8, 4) is 0 Å². The van der Waals surface area contributed by atoms with E-state index in [1.165, 1.54) is 72.2 Å². The number of hydrogen-bond donors (Lipinski definition) is 0. The van der Waals surface area contributed by atoms with Crippen LogP contribution in [0.2, 0.25) is 0 Å². The topological polar surface area (TPSA) is 19.4 Å². The number of anilines is 1. The molecule has 2 aliphatic heterocycles. The molecule has 0 radical (unpaired) electrons. The van der Waals surface area contributed by atoms with Gasteiger partial charge in [-0.15, -0.1) is 0 Å². The zero-order chi connectivity index (χ0) is 37.2. The Morgan fingerprint density at radius 3 is 2.04 bits per heavy atom. The van der Waals surface area contributed by atoms with E-state index in [2.05, 4.69) is 198 Å². The van der Waals surface area contributed by atoms with Gasteiger partial charge < -0.3 is 9.64 Å². The lowest BCUT2D eigenvalue weighted by Gasteiger charge is -2.25. The van der Waals surface area contributed by atoms with Gasteiger partial charge in [0.15, 0.2) is 18.1 Å². The maximum atomic E-state index is 7.24. The predicted molar refractivity (Wildman–Crippen MR) is 221 cm³/mol. The van der Waals surface area contributed by atoms with Crippen LogP contribution in [-0.2, 0) is 22.6 Å². The average Bonchev–Trinajstić information content (AvgIpc) is 3.69. The molecule has 4 aromatic carbocycles. The number of ether oxygens (including phenoxy) is 1. The number of rotatable bonds is 7. The Bertz CT molecular complexity index is 2430. The highest BCUT2D eigenvalue weighted by molar-refractivity contribution is 6.07. The summed E-state index contributed by atoms with van der Waals surface area (Å²) in [6.45, 7) is 14.0. The lowest BCUT2D eigenvalue weighted by molar-refractivity contribution is -0.671. The summed E-state index contributed by atoms with van der Waals surface area (Å²) in [5, 5.41) is 5.24. The van der Waals surface area contributed by atoms with Crippen LogP contribution in [0.3, 0.4) is 0 Å². The molecule has 0 saturated heterocycles. The number of hydrogen-bond acceptors (Lipinski definition) is 2. The molecule has 268 valence electrons. The third kappa shape index (κ3) is 5.75. The van der Waals surface area contributed by atoms with Gasteiger partial charge in [-0.2, -0.15) is 4.58 Å². The molecule has 5 aromatic rings. The smallest absolute Gasteiger partial charge is 0.210 e. The van der Waals surface area contributed by atoms with Crippen molar-refractivity contribution in [2.45, 2.75) is 71.3 Å². The number of aryl methyl sites for hydroxylation is 1. The first-order valence-electron chi connectivity index (χ1n) is 19.2. The highest BCUT2D eigenvalue weighted by Gasteiger charge is 2.44. The first-order valence-corrected chi connectivity index (χ1v) is 19.2. The molecule has 0 fully saturated rings. The molecular weight excluding hydrogens is 647 g/mol. The van der Waals surface area contributed by atoms with E-state index in [-0.39, 0.29) is 16.9 Å². The molecule has 0 bridgehead atoms. The number of allylic oxidation sites excluding steroid dienone is 7. The highest BCUT2D eigenvalue weighted by Crippen LogP contribution is 2.50. The summed E-state index contributed by atoms with van der Waals surface area (Å²) in [5.74, 6) is 1.31. The Balaban J connectivity index is 1.21. The zero-order valence-corrected chi connectivity index (χ0v) is 32.9. The number of likely N-dealkylation sites (N-methyl/N-ethyl adjacent to an activating group) is 1. The van der Waals surface area contributed by atoms with Crippen LogP contribution in [-0.4, -0.2) is 24.4 Å². The van der Waals surface area contributed by atoms with E-state index < -0.39 is 0 Å². The van der Waals surface area contributed by atoms with E-state index in [0.29, 0.717) is 5.92 Å². The van der Waals surface area contributed by atoms with Gasteiger partial charge in [-0.3, -0.25) is 0 Å². The fourth-order valence-electron chi connectivity index (χ4n) is 9.34. The number of aromatic nitrogens is 1. The number of benzene rings is 4. The Kier molecular flexibility index (Phi) is 8.56. The minimum atomic E-state index is -0.150. The third-order valence-corrected chi connectivity index (χ3v) is 12.1. The van der Waals surface area contributed by atoms with Gasteiger partial charge in [0.05, 0.1) is 5.41 Å². The summed E-state index contributed by atoms with van der Waals surface area (Å²) >= 11 is 0. The quantitative estimate of drug-likeness (QED) is 0.158. The molecule has 8 rings (SSSR count). The van der Waals surface area contributed by atoms with Crippen molar-refractivity contribution in [3.05, 3.63) is 161 Å². The van der Waals surface area contributed by atoms with Crippen molar-refractivity contribution in [3.63, 3.8) is 0 Å². The van der Waals surface area contributed by atoms with Crippen LogP contribution in [0.1, 0.15) is 77.2 Å². The van der Waals surface area contributed by atoms with Crippen LogP contribution in [0.4, 0.5) is 11.4 Å². The summed E-state index contributed by atoms with van der Waals surface area (Å²) in [4.78, 5) is 2.38. The van der Waals surface area contributed by atoms with Gasteiger partial charge in [0.2, 0.25) is 5.69 Å². The second kappa shape index (κ2) is 13.0. The van der Waals surface area contributed by atoms with Crippen LogP contribution in [0.15, 0.2) is 144 Å². The van der Waals surface area contributed by atoms with E-state index >= 15 is 0 Å². The summed E-state index contributed by atoms with van der Waals surface area (Å²) in [6, 6.07) is 31.0. The lowest BCUT2D eigenvalue weighted by atomic mass is 9.79. The first-order chi connectivity index (χ1) is 25.4. The molecule has 3 aliphatic rings. The van der Waals surface area contributed by atoms with Gasteiger partial charge in [-0.25, -0.2) is 4.57 Å². The van der Waals surface area contributed by atoms with Crippen LogP contribution >= 0.6 is 0 Å². The van der Waals surface area contributed by atoms with Gasteiger partial charge in [0.25, 0.3) is 0 Å². The second-order valence-corrected chi connectivity index (χ2v) is 16.6. The summed E-state index contributed by atoms with van der Waals surface area (Å²) in [6.07, 6.45) is 15.5. The average molecular weight is 700 g/mol. The molecule has 0 spiro atoms. The number of nitrogens with zero attached hydrogens (tertiary/aromatic N) is 3. The Labute approximate surface area is 315 Å².